The van der Waals surface area contributed by atoms with Crippen molar-refractivity contribution in [1.29, 1.82) is 0 Å². The SMILES string of the molecule is COc1ccc(/C=C/C(=O)NNc2c(F)c(F)c(F)c(F)c2F)cc1F. The molecular weight excluding hydrogens is 366 g/mol. The summed E-state index contributed by atoms with van der Waals surface area (Å²) in [5, 5.41) is 0. The summed E-state index contributed by atoms with van der Waals surface area (Å²) in [6, 6.07) is 3.78. The van der Waals surface area contributed by atoms with Gasteiger partial charge in [-0.15, -0.1) is 0 Å². The van der Waals surface area contributed by atoms with Gasteiger partial charge in [-0.2, -0.15) is 0 Å². The molecule has 2 N–H and O–H groups in total. The lowest BCUT2D eigenvalue weighted by Gasteiger charge is -2.10. The quantitative estimate of drug-likeness (QED) is 0.275. The lowest BCUT2D eigenvalue weighted by molar-refractivity contribution is -0.116. The minimum Gasteiger partial charge on any atom is -0.494 e. The fourth-order valence-corrected chi connectivity index (χ4v) is 1.84. The van der Waals surface area contributed by atoms with Gasteiger partial charge in [0, 0.05) is 6.08 Å². The lowest BCUT2D eigenvalue weighted by atomic mass is 10.2. The summed E-state index contributed by atoms with van der Waals surface area (Å²) in [5.41, 5.74) is 2.19. The molecule has 0 saturated carbocycles. The van der Waals surface area contributed by atoms with Crippen molar-refractivity contribution in [2.24, 2.45) is 0 Å². The number of benzene rings is 2. The van der Waals surface area contributed by atoms with E-state index in [9.17, 15) is 31.1 Å². The van der Waals surface area contributed by atoms with E-state index in [1.165, 1.54) is 19.2 Å². The number of hydrazine groups is 1. The number of anilines is 1. The van der Waals surface area contributed by atoms with Crippen LogP contribution in [-0.4, -0.2) is 13.0 Å². The van der Waals surface area contributed by atoms with Gasteiger partial charge in [-0.05, 0) is 23.8 Å². The highest BCUT2D eigenvalue weighted by Gasteiger charge is 2.25. The van der Waals surface area contributed by atoms with Crippen LogP contribution in [-0.2, 0) is 4.79 Å². The predicted molar refractivity (Wildman–Crippen MR) is 80.0 cm³/mol. The highest BCUT2D eigenvalue weighted by Crippen LogP contribution is 2.26. The summed E-state index contributed by atoms with van der Waals surface area (Å²) in [6.45, 7) is 0. The molecule has 0 aliphatic heterocycles. The number of hydrogen-bond donors (Lipinski definition) is 2. The number of carbonyl (C=O) groups is 1. The second kappa shape index (κ2) is 7.81. The molecule has 0 aliphatic rings. The minimum atomic E-state index is -2.32. The Morgan fingerprint density at radius 3 is 2.08 bits per heavy atom. The first-order valence-electron chi connectivity index (χ1n) is 6.85. The van der Waals surface area contributed by atoms with E-state index in [4.69, 9.17) is 4.74 Å². The van der Waals surface area contributed by atoms with Crippen LogP contribution in [0.1, 0.15) is 5.56 Å². The topological polar surface area (TPSA) is 50.4 Å². The van der Waals surface area contributed by atoms with Gasteiger partial charge >= 0.3 is 0 Å². The van der Waals surface area contributed by atoms with E-state index < -0.39 is 46.5 Å². The van der Waals surface area contributed by atoms with Crippen LogP contribution >= 0.6 is 0 Å². The third-order valence-corrected chi connectivity index (χ3v) is 3.12. The van der Waals surface area contributed by atoms with E-state index in [1.807, 2.05) is 0 Å². The van der Waals surface area contributed by atoms with Gasteiger partial charge in [0.05, 0.1) is 7.11 Å². The van der Waals surface area contributed by atoms with E-state index in [0.29, 0.717) is 0 Å². The van der Waals surface area contributed by atoms with E-state index in [-0.39, 0.29) is 11.3 Å². The summed E-state index contributed by atoms with van der Waals surface area (Å²) in [7, 11) is 1.27. The van der Waals surface area contributed by atoms with E-state index in [1.54, 1.807) is 10.9 Å². The predicted octanol–water partition coefficient (Wildman–Crippen LogP) is 3.69. The van der Waals surface area contributed by atoms with Gasteiger partial charge in [0.15, 0.2) is 34.8 Å². The number of carbonyl (C=O) groups excluding carboxylic acids is 1. The number of methoxy groups -OCH3 is 1. The summed E-state index contributed by atoms with van der Waals surface area (Å²) < 4.78 is 84.0. The number of rotatable bonds is 5. The fraction of sp³-hybridized carbons (Fsp3) is 0.0625. The van der Waals surface area contributed by atoms with Crippen molar-refractivity contribution < 1.29 is 35.9 Å². The Hall–Kier alpha value is -3.17. The van der Waals surface area contributed by atoms with Crippen molar-refractivity contribution in [3.8, 4) is 5.75 Å². The average molecular weight is 376 g/mol. The molecule has 0 unspecified atom stereocenters. The van der Waals surface area contributed by atoms with Crippen LogP contribution in [0.2, 0.25) is 0 Å². The zero-order chi connectivity index (χ0) is 19.4. The zero-order valence-corrected chi connectivity index (χ0v) is 13.0. The Labute approximate surface area is 143 Å². The Kier molecular flexibility index (Phi) is 5.75. The Morgan fingerprint density at radius 2 is 1.54 bits per heavy atom. The van der Waals surface area contributed by atoms with Gasteiger partial charge < -0.3 is 4.74 Å². The second-order valence-electron chi connectivity index (χ2n) is 4.79. The highest BCUT2D eigenvalue weighted by molar-refractivity contribution is 5.92. The largest absolute Gasteiger partial charge is 0.494 e. The monoisotopic (exact) mass is 376 g/mol. The molecule has 0 fully saturated rings. The van der Waals surface area contributed by atoms with Crippen molar-refractivity contribution in [3.63, 3.8) is 0 Å². The van der Waals surface area contributed by atoms with Crippen molar-refractivity contribution in [3.05, 3.63) is 64.7 Å². The molecular formula is C16H10F6N2O2. The Morgan fingerprint density at radius 1 is 0.962 bits per heavy atom. The van der Waals surface area contributed by atoms with Gasteiger partial charge in [-0.25, -0.2) is 26.3 Å². The molecule has 1 amide bonds. The maximum atomic E-state index is 13.5. The van der Waals surface area contributed by atoms with Gasteiger partial charge in [0.25, 0.3) is 5.91 Å². The first kappa shape index (κ1) is 19.2. The number of ether oxygens (including phenoxy) is 1. The van der Waals surface area contributed by atoms with Crippen LogP contribution < -0.4 is 15.6 Å². The molecule has 0 saturated heterocycles. The Balaban J connectivity index is 2.09. The second-order valence-corrected chi connectivity index (χ2v) is 4.79. The molecule has 0 aliphatic carbocycles. The van der Waals surface area contributed by atoms with Crippen LogP contribution in [0.25, 0.3) is 6.08 Å². The van der Waals surface area contributed by atoms with Crippen LogP contribution in [0.4, 0.5) is 32.0 Å². The lowest BCUT2D eigenvalue weighted by Crippen LogP contribution is -2.29. The highest BCUT2D eigenvalue weighted by atomic mass is 19.2. The fourth-order valence-electron chi connectivity index (χ4n) is 1.84. The van der Waals surface area contributed by atoms with Gasteiger partial charge in [0.2, 0.25) is 5.82 Å². The summed E-state index contributed by atoms with van der Waals surface area (Å²) >= 11 is 0. The first-order valence-corrected chi connectivity index (χ1v) is 6.85. The van der Waals surface area contributed by atoms with Crippen LogP contribution in [0, 0.1) is 34.9 Å². The number of nitrogens with one attached hydrogen (secondary N) is 2. The van der Waals surface area contributed by atoms with Gasteiger partial charge in [-0.1, -0.05) is 6.07 Å². The van der Waals surface area contributed by atoms with Crippen molar-refractivity contribution in [2.45, 2.75) is 0 Å². The molecule has 0 atom stereocenters. The standard InChI is InChI=1S/C16H10F6N2O2/c1-26-9-4-2-7(6-8(9)17)3-5-10(25)23-24-16-14(21)12(19)11(18)13(20)15(16)22/h2-6,24H,1H3,(H,23,25)/b5-3+. The molecule has 0 bridgehead atoms. The molecule has 0 radical (unpaired) electrons. The number of amides is 1. The Bertz CT molecular complexity index is 857. The minimum absolute atomic E-state index is 0.0143. The van der Waals surface area contributed by atoms with Crippen LogP contribution in [0.15, 0.2) is 24.3 Å². The third kappa shape index (κ3) is 3.90. The average Bonchev–Trinajstić information content (AvgIpc) is 2.63. The molecule has 2 rings (SSSR count). The smallest absolute Gasteiger partial charge is 0.262 e. The van der Waals surface area contributed by atoms with Crippen LogP contribution in [0.5, 0.6) is 5.75 Å². The molecule has 10 heteroatoms. The summed E-state index contributed by atoms with van der Waals surface area (Å²) in [5.74, 6) is -12.6. The molecule has 26 heavy (non-hydrogen) atoms. The number of halogens is 6. The zero-order valence-electron chi connectivity index (χ0n) is 13.0. The number of hydrogen-bond acceptors (Lipinski definition) is 3. The van der Waals surface area contributed by atoms with E-state index >= 15 is 0 Å². The van der Waals surface area contributed by atoms with Gasteiger partial charge in [-0.3, -0.25) is 15.6 Å². The van der Waals surface area contributed by atoms with Crippen molar-refractivity contribution >= 4 is 17.7 Å². The summed E-state index contributed by atoms with van der Waals surface area (Å²) in [4.78, 5) is 11.6. The normalized spacial score (nSPS) is 10.9. The third-order valence-electron chi connectivity index (χ3n) is 3.12. The molecule has 4 nitrogen and oxygen atoms in total. The van der Waals surface area contributed by atoms with E-state index in [2.05, 4.69) is 0 Å². The molecule has 0 spiro atoms. The van der Waals surface area contributed by atoms with Gasteiger partial charge in [0.1, 0.15) is 5.69 Å². The maximum absolute atomic E-state index is 13.5. The molecule has 0 heterocycles. The maximum Gasteiger partial charge on any atom is 0.262 e. The van der Waals surface area contributed by atoms with Crippen LogP contribution in [0.3, 0.4) is 0 Å². The summed E-state index contributed by atoms with van der Waals surface area (Å²) in [6.07, 6.45) is 2.00. The van der Waals surface area contributed by atoms with E-state index in [0.717, 1.165) is 18.2 Å². The molecule has 2 aromatic rings. The molecule has 2 aromatic carbocycles. The van der Waals surface area contributed by atoms with Crippen molar-refractivity contribution in [1.82, 2.24) is 5.43 Å². The first-order chi connectivity index (χ1) is 12.3. The molecule has 0 aromatic heterocycles. The molecule has 138 valence electrons. The van der Waals surface area contributed by atoms with Crippen molar-refractivity contribution in [2.75, 3.05) is 12.5 Å².